The van der Waals surface area contributed by atoms with Gasteiger partial charge in [0.2, 0.25) is 0 Å². The van der Waals surface area contributed by atoms with E-state index in [-0.39, 0.29) is 24.8 Å². The Kier molecular flexibility index (Phi) is 6.43. The van der Waals surface area contributed by atoms with Gasteiger partial charge in [0.1, 0.15) is 11.6 Å². The van der Waals surface area contributed by atoms with Crippen LogP contribution in [0.5, 0.6) is 5.75 Å². The van der Waals surface area contributed by atoms with Gasteiger partial charge >= 0.3 is 0 Å². The number of hydrogen-bond donors (Lipinski definition) is 1. The lowest BCUT2D eigenvalue weighted by atomic mass is 10.2. The standard InChI is InChI=1S/C22H18Cl2FN5O2/c1-14-10-21(28-30(14)12-15-4-2-3-5-18(15)25)26-22(31)19-8-9-29(27-19)13-32-20-7-6-16(23)11-17(20)24/h2-11H,12-13H2,1H3,(H,26,28,31). The third-order valence-corrected chi connectivity index (χ3v) is 5.15. The Labute approximate surface area is 193 Å². The van der Waals surface area contributed by atoms with E-state index in [0.717, 1.165) is 5.69 Å². The Morgan fingerprint density at radius 2 is 1.94 bits per heavy atom. The fourth-order valence-corrected chi connectivity index (χ4v) is 3.45. The molecular formula is C22H18Cl2FN5O2. The van der Waals surface area contributed by atoms with E-state index in [4.69, 9.17) is 27.9 Å². The summed E-state index contributed by atoms with van der Waals surface area (Å²) in [5, 5.41) is 12.1. The molecule has 0 fully saturated rings. The largest absolute Gasteiger partial charge is 0.470 e. The highest BCUT2D eigenvalue weighted by atomic mass is 35.5. The molecule has 1 N–H and O–H groups in total. The number of carbonyl (C=O) groups excluding carboxylic acids is 1. The molecule has 32 heavy (non-hydrogen) atoms. The highest BCUT2D eigenvalue weighted by Crippen LogP contribution is 2.27. The van der Waals surface area contributed by atoms with Gasteiger partial charge in [-0.3, -0.25) is 9.48 Å². The van der Waals surface area contributed by atoms with Crippen LogP contribution in [-0.4, -0.2) is 25.5 Å². The van der Waals surface area contributed by atoms with Crippen LogP contribution in [0, 0.1) is 12.7 Å². The van der Waals surface area contributed by atoms with Gasteiger partial charge in [0.15, 0.2) is 18.2 Å². The smallest absolute Gasteiger partial charge is 0.277 e. The third kappa shape index (κ3) is 5.09. The summed E-state index contributed by atoms with van der Waals surface area (Å²) in [5.41, 5.74) is 1.48. The number of anilines is 1. The number of benzene rings is 2. The quantitative estimate of drug-likeness (QED) is 0.401. The minimum Gasteiger partial charge on any atom is -0.470 e. The Bertz CT molecular complexity index is 1270. The van der Waals surface area contributed by atoms with E-state index in [1.807, 2.05) is 6.92 Å². The van der Waals surface area contributed by atoms with Crippen LogP contribution in [0.4, 0.5) is 10.2 Å². The number of aryl methyl sites for hydroxylation is 1. The lowest BCUT2D eigenvalue weighted by molar-refractivity contribution is 0.101. The zero-order chi connectivity index (χ0) is 22.7. The van der Waals surface area contributed by atoms with Crippen molar-refractivity contribution in [1.82, 2.24) is 19.6 Å². The van der Waals surface area contributed by atoms with E-state index < -0.39 is 5.91 Å². The van der Waals surface area contributed by atoms with Crippen molar-refractivity contribution in [3.63, 3.8) is 0 Å². The lowest BCUT2D eigenvalue weighted by Crippen LogP contribution is -2.15. The summed E-state index contributed by atoms with van der Waals surface area (Å²) in [6.45, 7) is 2.15. The van der Waals surface area contributed by atoms with Crippen LogP contribution in [-0.2, 0) is 13.3 Å². The highest BCUT2D eigenvalue weighted by molar-refractivity contribution is 6.35. The molecule has 7 nitrogen and oxygen atoms in total. The number of nitrogens with one attached hydrogen (secondary N) is 1. The van der Waals surface area contributed by atoms with Crippen molar-refractivity contribution < 1.29 is 13.9 Å². The van der Waals surface area contributed by atoms with E-state index in [1.54, 1.807) is 59.4 Å². The lowest BCUT2D eigenvalue weighted by Gasteiger charge is -2.08. The van der Waals surface area contributed by atoms with Gasteiger partial charge in [-0.2, -0.15) is 10.2 Å². The topological polar surface area (TPSA) is 74.0 Å². The molecule has 4 rings (SSSR count). The van der Waals surface area contributed by atoms with Gasteiger partial charge in [0.25, 0.3) is 5.91 Å². The molecule has 0 unspecified atom stereocenters. The minimum atomic E-state index is -0.427. The second-order valence-corrected chi connectivity index (χ2v) is 7.81. The number of halogens is 3. The molecule has 10 heteroatoms. The van der Waals surface area contributed by atoms with Gasteiger partial charge in [0, 0.05) is 28.5 Å². The van der Waals surface area contributed by atoms with Crippen LogP contribution in [0.25, 0.3) is 0 Å². The van der Waals surface area contributed by atoms with Crippen molar-refractivity contribution in [2.24, 2.45) is 0 Å². The molecule has 0 aliphatic rings. The van der Waals surface area contributed by atoms with E-state index in [2.05, 4.69) is 15.5 Å². The van der Waals surface area contributed by atoms with Crippen molar-refractivity contribution in [2.45, 2.75) is 20.2 Å². The summed E-state index contributed by atoms with van der Waals surface area (Å²) in [6.07, 6.45) is 1.61. The van der Waals surface area contributed by atoms with Crippen LogP contribution in [0.2, 0.25) is 10.0 Å². The van der Waals surface area contributed by atoms with Crippen LogP contribution in [0.15, 0.2) is 60.8 Å². The molecule has 0 aliphatic carbocycles. The zero-order valence-electron chi connectivity index (χ0n) is 16.9. The van der Waals surface area contributed by atoms with Crippen molar-refractivity contribution in [2.75, 3.05) is 5.32 Å². The van der Waals surface area contributed by atoms with Gasteiger partial charge in [0.05, 0.1) is 11.6 Å². The van der Waals surface area contributed by atoms with E-state index in [9.17, 15) is 9.18 Å². The number of rotatable bonds is 7. The molecule has 0 aliphatic heterocycles. The summed E-state index contributed by atoms with van der Waals surface area (Å²) in [6, 6.07) is 14.7. The van der Waals surface area contributed by atoms with Crippen LogP contribution in [0.3, 0.4) is 0 Å². The average Bonchev–Trinajstić information content (AvgIpc) is 3.36. The van der Waals surface area contributed by atoms with Crippen molar-refractivity contribution in [3.05, 3.63) is 93.6 Å². The van der Waals surface area contributed by atoms with Gasteiger partial charge in [-0.25, -0.2) is 9.07 Å². The molecule has 0 atom stereocenters. The Morgan fingerprint density at radius 3 is 2.72 bits per heavy atom. The minimum absolute atomic E-state index is 0.0605. The first-order valence-electron chi connectivity index (χ1n) is 9.59. The van der Waals surface area contributed by atoms with Crippen molar-refractivity contribution in [3.8, 4) is 5.75 Å². The number of aromatic nitrogens is 4. The molecule has 2 aromatic carbocycles. The van der Waals surface area contributed by atoms with Gasteiger partial charge in [-0.05, 0) is 37.3 Å². The normalized spacial score (nSPS) is 10.9. The van der Waals surface area contributed by atoms with E-state index in [1.165, 1.54) is 10.7 Å². The molecule has 0 bridgehead atoms. The fourth-order valence-electron chi connectivity index (χ4n) is 2.98. The number of carbonyl (C=O) groups is 1. The predicted octanol–water partition coefficient (Wildman–Crippen LogP) is 5.17. The predicted molar refractivity (Wildman–Crippen MR) is 120 cm³/mol. The van der Waals surface area contributed by atoms with Crippen LogP contribution >= 0.6 is 23.2 Å². The molecule has 2 heterocycles. The number of amides is 1. The second-order valence-electron chi connectivity index (χ2n) is 6.96. The first kappa shape index (κ1) is 21.9. The third-order valence-electron chi connectivity index (χ3n) is 4.62. The maximum atomic E-state index is 13.9. The summed E-state index contributed by atoms with van der Waals surface area (Å²) in [4.78, 5) is 12.6. The van der Waals surface area contributed by atoms with Crippen LogP contribution in [0.1, 0.15) is 21.7 Å². The van der Waals surface area contributed by atoms with Crippen molar-refractivity contribution in [1.29, 1.82) is 0 Å². The summed E-state index contributed by atoms with van der Waals surface area (Å²) in [5.74, 6) is 0.0699. The number of nitrogens with zero attached hydrogens (tertiary/aromatic N) is 4. The Hall–Kier alpha value is -3.36. The molecule has 1 amide bonds. The average molecular weight is 474 g/mol. The monoisotopic (exact) mass is 473 g/mol. The molecule has 4 aromatic rings. The first-order chi connectivity index (χ1) is 15.4. The second kappa shape index (κ2) is 9.42. The Morgan fingerprint density at radius 1 is 1.12 bits per heavy atom. The zero-order valence-corrected chi connectivity index (χ0v) is 18.4. The molecule has 0 radical (unpaired) electrons. The van der Waals surface area contributed by atoms with Gasteiger partial charge in [-0.15, -0.1) is 0 Å². The molecular weight excluding hydrogens is 456 g/mol. The SMILES string of the molecule is Cc1cc(NC(=O)c2ccn(COc3ccc(Cl)cc3Cl)n2)nn1Cc1ccccc1F. The van der Waals surface area contributed by atoms with Gasteiger partial charge < -0.3 is 10.1 Å². The summed E-state index contributed by atoms with van der Waals surface area (Å²) >= 11 is 12.0. The van der Waals surface area contributed by atoms with Gasteiger partial charge in [-0.1, -0.05) is 41.4 Å². The first-order valence-corrected chi connectivity index (χ1v) is 10.3. The highest BCUT2D eigenvalue weighted by Gasteiger charge is 2.14. The number of ether oxygens (including phenoxy) is 1. The summed E-state index contributed by atoms with van der Waals surface area (Å²) in [7, 11) is 0. The Balaban J connectivity index is 1.38. The molecule has 0 spiro atoms. The molecule has 0 saturated heterocycles. The molecule has 0 saturated carbocycles. The van der Waals surface area contributed by atoms with Crippen molar-refractivity contribution >= 4 is 34.9 Å². The van der Waals surface area contributed by atoms with E-state index in [0.29, 0.717) is 27.2 Å². The molecule has 2 aromatic heterocycles. The maximum Gasteiger partial charge on any atom is 0.277 e. The summed E-state index contributed by atoms with van der Waals surface area (Å²) < 4.78 is 22.6. The molecule has 164 valence electrons. The van der Waals surface area contributed by atoms with E-state index >= 15 is 0 Å². The van der Waals surface area contributed by atoms with Crippen LogP contribution < -0.4 is 10.1 Å². The fraction of sp³-hybridized carbons (Fsp3) is 0.136. The number of hydrogen-bond acceptors (Lipinski definition) is 4. The maximum absolute atomic E-state index is 13.9.